The Morgan fingerprint density at radius 3 is 2.58 bits per heavy atom. The number of rotatable bonds is 5. The standard InChI is InChI=1S/C31H38N6O2S/c1-19(2)27-34-28(26-24-11-10-20(3)17-25(24)40-30(26)35-27)36-13-15-37(16-14-36)31(39)23-9-5-4-8-22(23)29(38)33-21-7-6-12-32-18-21/h4-7,12,18-20,22-23H,8-11,13-17H2,1-3H3,(H,33,38)/t20-,22-,23+/m1/s1. The van der Waals surface area contributed by atoms with Crippen LogP contribution in [-0.2, 0) is 22.4 Å². The number of carbonyl (C=O) groups is 2. The van der Waals surface area contributed by atoms with Gasteiger partial charge < -0.3 is 15.1 Å². The number of fused-ring (bicyclic) bond motifs is 3. The van der Waals surface area contributed by atoms with E-state index in [1.165, 1.54) is 22.2 Å². The van der Waals surface area contributed by atoms with Crippen molar-refractivity contribution >= 4 is 44.9 Å². The molecule has 0 aromatic carbocycles. The number of amides is 2. The first-order chi connectivity index (χ1) is 19.4. The number of allylic oxidation sites excluding steroid dienone is 2. The molecule has 0 bridgehead atoms. The Labute approximate surface area is 239 Å². The lowest BCUT2D eigenvalue weighted by Crippen LogP contribution is -2.52. The first kappa shape index (κ1) is 26.9. The van der Waals surface area contributed by atoms with Crippen LogP contribution in [0.15, 0.2) is 36.7 Å². The molecule has 1 N–H and O–H groups in total. The van der Waals surface area contributed by atoms with Gasteiger partial charge in [-0.05, 0) is 55.7 Å². The molecule has 3 aromatic heterocycles. The van der Waals surface area contributed by atoms with Crippen molar-refractivity contribution in [1.29, 1.82) is 0 Å². The molecule has 2 aliphatic carbocycles. The van der Waals surface area contributed by atoms with Crippen LogP contribution in [0.2, 0.25) is 0 Å². The molecule has 1 aliphatic heterocycles. The van der Waals surface area contributed by atoms with E-state index in [-0.39, 0.29) is 29.6 Å². The van der Waals surface area contributed by atoms with E-state index >= 15 is 0 Å². The molecule has 0 saturated carbocycles. The predicted octanol–water partition coefficient (Wildman–Crippen LogP) is 5.20. The molecule has 40 heavy (non-hydrogen) atoms. The van der Waals surface area contributed by atoms with Crippen molar-refractivity contribution in [3.63, 3.8) is 0 Å². The summed E-state index contributed by atoms with van der Waals surface area (Å²) in [6.45, 7) is 9.35. The summed E-state index contributed by atoms with van der Waals surface area (Å²) in [6.07, 6.45) is 11.9. The molecule has 3 aromatic rings. The van der Waals surface area contributed by atoms with Gasteiger partial charge in [0, 0.05) is 43.2 Å². The summed E-state index contributed by atoms with van der Waals surface area (Å²) in [5.41, 5.74) is 2.10. The van der Waals surface area contributed by atoms with Crippen LogP contribution in [-0.4, -0.2) is 57.8 Å². The Morgan fingerprint density at radius 2 is 1.85 bits per heavy atom. The smallest absolute Gasteiger partial charge is 0.228 e. The van der Waals surface area contributed by atoms with Crippen LogP contribution in [0.5, 0.6) is 0 Å². The van der Waals surface area contributed by atoms with E-state index in [4.69, 9.17) is 9.97 Å². The third-order valence-electron chi connectivity index (χ3n) is 8.58. The predicted molar refractivity (Wildman–Crippen MR) is 160 cm³/mol. The highest BCUT2D eigenvalue weighted by Gasteiger charge is 2.38. The molecule has 3 aliphatic rings. The van der Waals surface area contributed by atoms with E-state index in [1.807, 2.05) is 34.5 Å². The topological polar surface area (TPSA) is 91.3 Å². The summed E-state index contributed by atoms with van der Waals surface area (Å²) >= 11 is 1.85. The normalized spacial score (nSPS) is 22.9. The monoisotopic (exact) mass is 558 g/mol. The summed E-state index contributed by atoms with van der Waals surface area (Å²) in [7, 11) is 0. The van der Waals surface area contributed by atoms with Crippen molar-refractivity contribution in [3.05, 3.63) is 52.9 Å². The highest BCUT2D eigenvalue weighted by atomic mass is 32.1. The van der Waals surface area contributed by atoms with Crippen LogP contribution in [0, 0.1) is 17.8 Å². The second kappa shape index (κ2) is 11.3. The number of pyridine rings is 1. The van der Waals surface area contributed by atoms with Gasteiger partial charge in [0.15, 0.2) is 0 Å². The van der Waals surface area contributed by atoms with Gasteiger partial charge in [-0.2, -0.15) is 0 Å². The Kier molecular flexibility index (Phi) is 7.57. The fourth-order valence-corrected chi connectivity index (χ4v) is 7.63. The van der Waals surface area contributed by atoms with Gasteiger partial charge in [0.25, 0.3) is 0 Å². The molecule has 4 heterocycles. The number of carbonyl (C=O) groups excluding carboxylic acids is 2. The maximum Gasteiger partial charge on any atom is 0.228 e. The van der Waals surface area contributed by atoms with Crippen LogP contribution in [0.4, 0.5) is 11.5 Å². The largest absolute Gasteiger partial charge is 0.352 e. The zero-order valence-electron chi connectivity index (χ0n) is 23.6. The van der Waals surface area contributed by atoms with Crippen LogP contribution < -0.4 is 10.2 Å². The summed E-state index contributed by atoms with van der Waals surface area (Å²) < 4.78 is 0. The van der Waals surface area contributed by atoms with Crippen LogP contribution >= 0.6 is 11.3 Å². The zero-order valence-corrected chi connectivity index (χ0v) is 24.4. The third kappa shape index (κ3) is 5.23. The van der Waals surface area contributed by atoms with Gasteiger partial charge in [0.1, 0.15) is 16.5 Å². The zero-order chi connectivity index (χ0) is 27.8. The number of aromatic nitrogens is 3. The van der Waals surface area contributed by atoms with Gasteiger partial charge in [-0.15, -0.1) is 11.3 Å². The molecule has 3 atom stereocenters. The SMILES string of the molecule is CC(C)c1nc(N2CCN(C(=O)[C@H]3CC=CC[C@H]3C(=O)Nc3cccnc3)CC2)c2c3c(sc2n1)C[C@H](C)CC3. The first-order valence-electron chi connectivity index (χ1n) is 14.6. The molecule has 9 heteroatoms. The number of piperazine rings is 1. The van der Waals surface area contributed by atoms with Crippen molar-refractivity contribution in [2.45, 2.75) is 58.8 Å². The number of thiophene rings is 1. The number of nitrogens with one attached hydrogen (secondary N) is 1. The van der Waals surface area contributed by atoms with Crippen LogP contribution in [0.25, 0.3) is 10.2 Å². The van der Waals surface area contributed by atoms with E-state index in [0.29, 0.717) is 37.5 Å². The Morgan fingerprint density at radius 1 is 1.07 bits per heavy atom. The quantitative estimate of drug-likeness (QED) is 0.433. The highest BCUT2D eigenvalue weighted by molar-refractivity contribution is 7.19. The van der Waals surface area contributed by atoms with E-state index in [0.717, 1.165) is 42.4 Å². The minimum atomic E-state index is -0.384. The summed E-state index contributed by atoms with van der Waals surface area (Å²) in [4.78, 5) is 48.0. The average Bonchev–Trinajstić information content (AvgIpc) is 3.34. The number of nitrogens with zero attached hydrogens (tertiary/aromatic N) is 5. The van der Waals surface area contributed by atoms with Crippen molar-refractivity contribution in [2.24, 2.45) is 17.8 Å². The van der Waals surface area contributed by atoms with E-state index in [2.05, 4.69) is 36.0 Å². The second-order valence-corrected chi connectivity index (χ2v) is 12.9. The second-order valence-electron chi connectivity index (χ2n) is 11.8. The lowest BCUT2D eigenvalue weighted by molar-refractivity contribution is -0.141. The van der Waals surface area contributed by atoms with Crippen LogP contribution in [0.3, 0.4) is 0 Å². The Bertz CT molecular complexity index is 1430. The number of aryl methyl sites for hydroxylation is 1. The van der Waals surface area contributed by atoms with Crippen LogP contribution in [0.1, 0.15) is 62.2 Å². The lowest BCUT2D eigenvalue weighted by Gasteiger charge is -2.39. The van der Waals surface area contributed by atoms with Crippen molar-refractivity contribution in [2.75, 3.05) is 36.4 Å². The maximum absolute atomic E-state index is 13.8. The van der Waals surface area contributed by atoms with Crippen molar-refractivity contribution < 1.29 is 9.59 Å². The molecular formula is C31H38N6O2S. The highest BCUT2D eigenvalue weighted by Crippen LogP contribution is 2.42. The fraction of sp³-hybridized carbons (Fsp3) is 0.516. The maximum atomic E-state index is 13.8. The van der Waals surface area contributed by atoms with Gasteiger partial charge in [0.05, 0.1) is 29.1 Å². The van der Waals surface area contributed by atoms with E-state index in [9.17, 15) is 9.59 Å². The van der Waals surface area contributed by atoms with Gasteiger partial charge >= 0.3 is 0 Å². The molecule has 1 fully saturated rings. The lowest BCUT2D eigenvalue weighted by atomic mass is 9.81. The number of anilines is 2. The first-order valence-corrected chi connectivity index (χ1v) is 15.4. The number of hydrogen-bond acceptors (Lipinski definition) is 7. The molecule has 0 radical (unpaired) electrons. The average molecular weight is 559 g/mol. The van der Waals surface area contributed by atoms with Crippen molar-refractivity contribution in [3.8, 4) is 0 Å². The molecule has 0 spiro atoms. The Hall–Kier alpha value is -3.33. The van der Waals surface area contributed by atoms with E-state index in [1.54, 1.807) is 18.5 Å². The molecule has 6 rings (SSSR count). The summed E-state index contributed by atoms with van der Waals surface area (Å²) in [5, 5.41) is 4.19. The molecule has 0 unspecified atom stereocenters. The van der Waals surface area contributed by atoms with Gasteiger partial charge in [-0.25, -0.2) is 9.97 Å². The number of hydrogen-bond donors (Lipinski definition) is 1. The molecule has 1 saturated heterocycles. The van der Waals surface area contributed by atoms with Gasteiger partial charge in [0.2, 0.25) is 11.8 Å². The Balaban J connectivity index is 1.19. The minimum absolute atomic E-state index is 0.0768. The molecule has 210 valence electrons. The van der Waals surface area contributed by atoms with Crippen molar-refractivity contribution in [1.82, 2.24) is 19.9 Å². The van der Waals surface area contributed by atoms with Gasteiger partial charge in [-0.3, -0.25) is 14.6 Å². The molecule has 2 amide bonds. The molecular weight excluding hydrogens is 520 g/mol. The third-order valence-corrected chi connectivity index (χ3v) is 9.72. The minimum Gasteiger partial charge on any atom is -0.352 e. The summed E-state index contributed by atoms with van der Waals surface area (Å²) in [6, 6.07) is 3.61. The molecule has 8 nitrogen and oxygen atoms in total. The summed E-state index contributed by atoms with van der Waals surface area (Å²) in [5.74, 6) is 2.12. The van der Waals surface area contributed by atoms with Gasteiger partial charge in [-0.1, -0.05) is 32.9 Å². The van der Waals surface area contributed by atoms with E-state index < -0.39 is 0 Å². The fourth-order valence-electron chi connectivity index (χ4n) is 6.25.